The van der Waals surface area contributed by atoms with Crippen LogP contribution in [0.1, 0.15) is 11.1 Å². The molecule has 0 heterocycles. The van der Waals surface area contributed by atoms with Crippen LogP contribution in [0.4, 0.5) is 0 Å². The van der Waals surface area contributed by atoms with Crippen molar-refractivity contribution in [3.63, 3.8) is 0 Å². The number of ether oxygens (including phenoxy) is 3. The van der Waals surface area contributed by atoms with Crippen LogP contribution in [0.15, 0.2) is 36.4 Å². The topological polar surface area (TPSA) is 60.0 Å². The Morgan fingerprint density at radius 2 is 1.70 bits per heavy atom. The number of nitrogens with zero attached hydrogens (tertiary/aromatic N) is 1. The van der Waals surface area contributed by atoms with Crippen LogP contribution in [0.2, 0.25) is 5.02 Å². The number of halogens is 1. The zero-order valence-electron chi connectivity index (χ0n) is 16.0. The number of likely N-dealkylation sites (N-methyl/N-ethyl adjacent to an activating group) is 1. The van der Waals surface area contributed by atoms with Gasteiger partial charge in [-0.1, -0.05) is 35.9 Å². The number of methoxy groups -OCH3 is 3. The van der Waals surface area contributed by atoms with Gasteiger partial charge in [-0.05, 0) is 24.7 Å². The van der Waals surface area contributed by atoms with Gasteiger partial charge in [-0.2, -0.15) is 0 Å². The SMILES string of the molecule is COc1ccc(CN(C)CC(=O)NCc2ccccc2Cl)c(OC)c1OC. The molecule has 0 fully saturated rings. The fourth-order valence-electron chi connectivity index (χ4n) is 2.77. The molecule has 27 heavy (non-hydrogen) atoms. The smallest absolute Gasteiger partial charge is 0.234 e. The van der Waals surface area contributed by atoms with Crippen LogP contribution >= 0.6 is 11.6 Å². The fraction of sp³-hybridized carbons (Fsp3) is 0.350. The van der Waals surface area contributed by atoms with Gasteiger partial charge in [-0.25, -0.2) is 0 Å². The van der Waals surface area contributed by atoms with Crippen molar-refractivity contribution in [2.24, 2.45) is 0 Å². The Balaban J connectivity index is 1.98. The summed E-state index contributed by atoms with van der Waals surface area (Å²) in [6.07, 6.45) is 0. The fourth-order valence-corrected chi connectivity index (χ4v) is 2.97. The predicted octanol–water partition coefficient (Wildman–Crippen LogP) is 3.11. The number of benzene rings is 2. The maximum atomic E-state index is 12.2. The van der Waals surface area contributed by atoms with Gasteiger partial charge in [0.25, 0.3) is 0 Å². The lowest BCUT2D eigenvalue weighted by molar-refractivity contribution is -0.122. The molecule has 0 radical (unpaired) electrons. The molecule has 0 saturated heterocycles. The molecule has 1 amide bonds. The van der Waals surface area contributed by atoms with E-state index in [2.05, 4.69) is 5.32 Å². The molecule has 0 aromatic heterocycles. The third kappa shape index (κ3) is 5.52. The van der Waals surface area contributed by atoms with E-state index in [1.807, 2.05) is 42.3 Å². The number of carbonyl (C=O) groups excluding carboxylic acids is 1. The molecule has 2 aromatic rings. The summed E-state index contributed by atoms with van der Waals surface area (Å²) in [5.41, 5.74) is 1.79. The molecule has 0 bridgehead atoms. The maximum absolute atomic E-state index is 12.2. The Bertz CT molecular complexity index is 783. The van der Waals surface area contributed by atoms with E-state index in [9.17, 15) is 4.79 Å². The average Bonchev–Trinajstić information content (AvgIpc) is 2.66. The standard InChI is InChI=1S/C20H25ClN2O4/c1-23(13-18(24)22-11-14-7-5-6-8-16(14)21)12-15-9-10-17(25-2)20(27-4)19(15)26-3/h5-10H,11-13H2,1-4H3,(H,22,24). The number of nitrogens with one attached hydrogen (secondary N) is 1. The van der Waals surface area contributed by atoms with Crippen molar-refractivity contribution < 1.29 is 19.0 Å². The molecule has 0 aliphatic carbocycles. The van der Waals surface area contributed by atoms with E-state index in [1.165, 1.54) is 0 Å². The molecular formula is C20H25ClN2O4. The van der Waals surface area contributed by atoms with E-state index in [4.69, 9.17) is 25.8 Å². The predicted molar refractivity (Wildman–Crippen MR) is 106 cm³/mol. The number of amides is 1. The zero-order chi connectivity index (χ0) is 19.8. The first-order chi connectivity index (χ1) is 13.0. The molecule has 0 saturated carbocycles. The summed E-state index contributed by atoms with van der Waals surface area (Å²) in [5, 5.41) is 3.52. The Hall–Kier alpha value is -2.44. The lowest BCUT2D eigenvalue weighted by Gasteiger charge is -2.20. The number of hydrogen-bond donors (Lipinski definition) is 1. The molecule has 7 heteroatoms. The third-order valence-corrected chi connectivity index (χ3v) is 4.44. The largest absolute Gasteiger partial charge is 0.493 e. The minimum Gasteiger partial charge on any atom is -0.493 e. The average molecular weight is 393 g/mol. The van der Waals surface area contributed by atoms with E-state index in [1.54, 1.807) is 27.4 Å². The molecule has 0 aliphatic rings. The van der Waals surface area contributed by atoms with Crippen molar-refractivity contribution >= 4 is 17.5 Å². The first-order valence-electron chi connectivity index (χ1n) is 8.46. The summed E-state index contributed by atoms with van der Waals surface area (Å²) in [7, 11) is 6.59. The van der Waals surface area contributed by atoms with Gasteiger partial charge in [0.15, 0.2) is 11.5 Å². The molecule has 146 valence electrons. The number of hydrogen-bond acceptors (Lipinski definition) is 5. The van der Waals surface area contributed by atoms with E-state index < -0.39 is 0 Å². The maximum Gasteiger partial charge on any atom is 0.234 e. The monoisotopic (exact) mass is 392 g/mol. The summed E-state index contributed by atoms with van der Waals surface area (Å²) in [5.74, 6) is 1.64. The highest BCUT2D eigenvalue weighted by atomic mass is 35.5. The molecule has 1 N–H and O–H groups in total. The summed E-state index contributed by atoms with van der Waals surface area (Å²) < 4.78 is 16.2. The minimum atomic E-state index is -0.0862. The van der Waals surface area contributed by atoms with E-state index in [0.717, 1.165) is 11.1 Å². The van der Waals surface area contributed by atoms with Gasteiger partial charge in [0.05, 0.1) is 27.9 Å². The van der Waals surface area contributed by atoms with Crippen LogP contribution in [0.5, 0.6) is 17.2 Å². The van der Waals surface area contributed by atoms with Gasteiger partial charge in [0.1, 0.15) is 0 Å². The summed E-state index contributed by atoms with van der Waals surface area (Å²) in [6, 6.07) is 11.2. The molecule has 2 aromatic carbocycles. The third-order valence-electron chi connectivity index (χ3n) is 4.07. The van der Waals surface area contributed by atoms with E-state index in [0.29, 0.717) is 35.4 Å². The lowest BCUT2D eigenvalue weighted by atomic mass is 10.1. The number of rotatable bonds is 9. The molecule has 0 spiro atoms. The second kappa shape index (κ2) is 10.0. The normalized spacial score (nSPS) is 10.6. The van der Waals surface area contributed by atoms with Gasteiger partial charge in [-0.15, -0.1) is 0 Å². The molecule has 0 atom stereocenters. The van der Waals surface area contributed by atoms with Gasteiger partial charge in [0, 0.05) is 23.7 Å². The lowest BCUT2D eigenvalue weighted by Crippen LogP contribution is -2.34. The Morgan fingerprint density at radius 1 is 1.00 bits per heavy atom. The highest BCUT2D eigenvalue weighted by molar-refractivity contribution is 6.31. The summed E-state index contributed by atoms with van der Waals surface area (Å²) >= 11 is 6.11. The Kier molecular flexibility index (Phi) is 7.76. The quantitative estimate of drug-likeness (QED) is 0.710. The first-order valence-corrected chi connectivity index (χ1v) is 8.84. The van der Waals surface area contributed by atoms with Crippen LogP contribution in [0.3, 0.4) is 0 Å². The molecule has 2 rings (SSSR count). The van der Waals surface area contributed by atoms with Crippen molar-refractivity contribution in [3.05, 3.63) is 52.5 Å². The van der Waals surface area contributed by atoms with Crippen molar-refractivity contribution in [2.75, 3.05) is 34.9 Å². The second-order valence-corrected chi connectivity index (χ2v) is 6.44. The zero-order valence-corrected chi connectivity index (χ0v) is 16.8. The van der Waals surface area contributed by atoms with Gasteiger partial charge >= 0.3 is 0 Å². The van der Waals surface area contributed by atoms with Crippen LogP contribution in [-0.4, -0.2) is 45.7 Å². The van der Waals surface area contributed by atoms with Crippen LogP contribution in [-0.2, 0) is 17.9 Å². The second-order valence-electron chi connectivity index (χ2n) is 6.03. The van der Waals surface area contributed by atoms with Crippen LogP contribution in [0, 0.1) is 0 Å². The summed E-state index contributed by atoms with van der Waals surface area (Å²) in [6.45, 7) is 1.15. The Labute approximate surface area is 165 Å². The number of carbonyl (C=O) groups is 1. The van der Waals surface area contributed by atoms with E-state index >= 15 is 0 Å². The molecule has 6 nitrogen and oxygen atoms in total. The minimum absolute atomic E-state index is 0.0862. The van der Waals surface area contributed by atoms with Crippen molar-refractivity contribution in [1.82, 2.24) is 10.2 Å². The van der Waals surface area contributed by atoms with Crippen molar-refractivity contribution in [2.45, 2.75) is 13.1 Å². The molecule has 0 unspecified atom stereocenters. The highest BCUT2D eigenvalue weighted by Crippen LogP contribution is 2.40. The molecule has 0 aliphatic heterocycles. The highest BCUT2D eigenvalue weighted by Gasteiger charge is 2.17. The first kappa shape index (κ1) is 20.9. The van der Waals surface area contributed by atoms with Crippen LogP contribution in [0.25, 0.3) is 0 Å². The van der Waals surface area contributed by atoms with Crippen molar-refractivity contribution in [1.29, 1.82) is 0 Å². The summed E-state index contributed by atoms with van der Waals surface area (Å²) in [4.78, 5) is 14.1. The Morgan fingerprint density at radius 3 is 2.33 bits per heavy atom. The van der Waals surface area contributed by atoms with Gasteiger partial charge < -0.3 is 19.5 Å². The van der Waals surface area contributed by atoms with Crippen molar-refractivity contribution in [3.8, 4) is 17.2 Å². The van der Waals surface area contributed by atoms with E-state index in [-0.39, 0.29) is 12.5 Å². The molecular weight excluding hydrogens is 368 g/mol. The van der Waals surface area contributed by atoms with Gasteiger partial charge in [0.2, 0.25) is 11.7 Å². The van der Waals surface area contributed by atoms with Crippen LogP contribution < -0.4 is 19.5 Å². The van der Waals surface area contributed by atoms with Gasteiger partial charge in [-0.3, -0.25) is 9.69 Å².